The van der Waals surface area contributed by atoms with Gasteiger partial charge in [-0.3, -0.25) is 0 Å². The summed E-state index contributed by atoms with van der Waals surface area (Å²) in [5.74, 6) is 0.675. The number of nitrogens with two attached hydrogens (primary N) is 1. The van der Waals surface area contributed by atoms with Gasteiger partial charge in [0.1, 0.15) is 6.07 Å². The number of fused-ring (bicyclic) bond motifs is 1. The lowest BCUT2D eigenvalue weighted by Gasteiger charge is -2.23. The second kappa shape index (κ2) is 5.74. The van der Waals surface area contributed by atoms with Crippen molar-refractivity contribution in [3.63, 3.8) is 0 Å². The molecule has 0 aliphatic heterocycles. The molecule has 0 aliphatic rings. The van der Waals surface area contributed by atoms with Gasteiger partial charge in [0, 0.05) is 23.3 Å². The summed E-state index contributed by atoms with van der Waals surface area (Å²) in [6, 6.07) is 19.6. The number of aromatic nitrogens is 1. The van der Waals surface area contributed by atoms with Crippen molar-refractivity contribution in [1.82, 2.24) is 4.98 Å². The third-order valence-corrected chi connectivity index (χ3v) is 3.58. The van der Waals surface area contributed by atoms with E-state index < -0.39 is 0 Å². The SMILES string of the molecule is CCN(c1ccccc1)c1nc2ccc(N)cc2cc1C#N. The molecule has 0 amide bonds. The summed E-state index contributed by atoms with van der Waals surface area (Å²) in [5, 5.41) is 10.4. The first-order chi connectivity index (χ1) is 10.7. The fourth-order valence-corrected chi connectivity index (χ4v) is 2.54. The van der Waals surface area contributed by atoms with Gasteiger partial charge in [0.05, 0.1) is 11.1 Å². The number of hydrogen-bond acceptors (Lipinski definition) is 4. The fraction of sp³-hybridized carbons (Fsp3) is 0.111. The standard InChI is InChI=1S/C18H16N4/c1-2-22(16-6-4-3-5-7-16)18-14(12-19)10-13-11-15(20)8-9-17(13)21-18/h3-11H,2,20H2,1H3. The Kier molecular flexibility index (Phi) is 3.63. The Morgan fingerprint density at radius 1 is 1.14 bits per heavy atom. The number of benzene rings is 2. The summed E-state index contributed by atoms with van der Waals surface area (Å²) in [6.45, 7) is 2.77. The summed E-state index contributed by atoms with van der Waals surface area (Å²) < 4.78 is 0. The molecule has 0 fully saturated rings. The Morgan fingerprint density at radius 3 is 2.59 bits per heavy atom. The number of para-hydroxylation sites is 1. The van der Waals surface area contributed by atoms with Crippen molar-refractivity contribution in [3.05, 3.63) is 60.2 Å². The topological polar surface area (TPSA) is 65.9 Å². The quantitative estimate of drug-likeness (QED) is 0.743. The maximum Gasteiger partial charge on any atom is 0.151 e. The number of nitrogens with zero attached hydrogens (tertiary/aromatic N) is 3. The minimum absolute atomic E-state index is 0.545. The summed E-state index contributed by atoms with van der Waals surface area (Å²) in [7, 11) is 0. The van der Waals surface area contributed by atoms with Crippen LogP contribution < -0.4 is 10.6 Å². The zero-order valence-electron chi connectivity index (χ0n) is 12.3. The van der Waals surface area contributed by atoms with Crippen molar-refractivity contribution in [2.24, 2.45) is 0 Å². The smallest absolute Gasteiger partial charge is 0.151 e. The van der Waals surface area contributed by atoms with Gasteiger partial charge in [-0.15, -0.1) is 0 Å². The zero-order chi connectivity index (χ0) is 15.5. The van der Waals surface area contributed by atoms with Gasteiger partial charge in [0.2, 0.25) is 0 Å². The van der Waals surface area contributed by atoms with Crippen LogP contribution in [0.2, 0.25) is 0 Å². The highest BCUT2D eigenvalue weighted by molar-refractivity contribution is 5.86. The predicted molar refractivity (Wildman–Crippen MR) is 90.0 cm³/mol. The highest BCUT2D eigenvalue weighted by Gasteiger charge is 2.15. The van der Waals surface area contributed by atoms with Crippen LogP contribution in [-0.4, -0.2) is 11.5 Å². The summed E-state index contributed by atoms with van der Waals surface area (Å²) >= 11 is 0. The van der Waals surface area contributed by atoms with Gasteiger partial charge in [0.15, 0.2) is 5.82 Å². The average Bonchev–Trinajstić information content (AvgIpc) is 2.56. The molecule has 3 aromatic rings. The molecule has 4 heteroatoms. The molecule has 0 radical (unpaired) electrons. The van der Waals surface area contributed by atoms with Crippen LogP contribution >= 0.6 is 0 Å². The Labute approximate surface area is 129 Å². The van der Waals surface area contributed by atoms with Crippen molar-refractivity contribution >= 4 is 28.1 Å². The number of nitriles is 1. The first-order valence-electron chi connectivity index (χ1n) is 7.16. The molecule has 0 unspecified atom stereocenters. The van der Waals surface area contributed by atoms with E-state index in [2.05, 4.69) is 11.1 Å². The first kappa shape index (κ1) is 13.9. The largest absolute Gasteiger partial charge is 0.399 e. The number of hydrogen-bond donors (Lipinski definition) is 1. The molecule has 3 rings (SSSR count). The molecule has 0 spiro atoms. The van der Waals surface area contributed by atoms with Crippen molar-refractivity contribution < 1.29 is 0 Å². The van der Waals surface area contributed by atoms with Crippen LogP contribution in [0.3, 0.4) is 0 Å². The molecular formula is C18H16N4. The summed E-state index contributed by atoms with van der Waals surface area (Å²) in [5.41, 5.74) is 8.87. The molecule has 0 aliphatic carbocycles. The second-order valence-electron chi connectivity index (χ2n) is 5.00. The van der Waals surface area contributed by atoms with Crippen molar-refractivity contribution in [3.8, 4) is 6.07 Å². The Bertz CT molecular complexity index is 850. The molecule has 1 heterocycles. The van der Waals surface area contributed by atoms with E-state index in [0.717, 1.165) is 23.1 Å². The lowest BCUT2D eigenvalue weighted by atomic mass is 10.1. The lowest BCUT2D eigenvalue weighted by molar-refractivity contribution is 0.993. The molecule has 22 heavy (non-hydrogen) atoms. The summed E-state index contributed by atoms with van der Waals surface area (Å²) in [4.78, 5) is 6.72. The van der Waals surface area contributed by atoms with Crippen molar-refractivity contribution in [2.75, 3.05) is 17.2 Å². The van der Waals surface area contributed by atoms with Crippen LogP contribution in [-0.2, 0) is 0 Å². The van der Waals surface area contributed by atoms with Crippen LogP contribution in [0.4, 0.5) is 17.2 Å². The van der Waals surface area contributed by atoms with Crippen LogP contribution in [0.25, 0.3) is 10.9 Å². The van der Waals surface area contributed by atoms with E-state index in [1.165, 1.54) is 0 Å². The highest BCUT2D eigenvalue weighted by atomic mass is 15.2. The van der Waals surface area contributed by atoms with Gasteiger partial charge in [-0.25, -0.2) is 4.98 Å². The van der Waals surface area contributed by atoms with E-state index in [1.54, 1.807) is 0 Å². The Hall–Kier alpha value is -3.06. The molecule has 2 aromatic carbocycles. The molecule has 4 nitrogen and oxygen atoms in total. The normalized spacial score (nSPS) is 10.4. The minimum Gasteiger partial charge on any atom is -0.399 e. The van der Waals surface area contributed by atoms with E-state index in [9.17, 15) is 5.26 Å². The Morgan fingerprint density at radius 2 is 1.91 bits per heavy atom. The average molecular weight is 288 g/mol. The molecule has 0 atom stereocenters. The number of rotatable bonds is 3. The molecule has 0 saturated heterocycles. The number of pyridine rings is 1. The van der Waals surface area contributed by atoms with Gasteiger partial charge >= 0.3 is 0 Å². The maximum atomic E-state index is 9.49. The second-order valence-corrected chi connectivity index (χ2v) is 5.00. The zero-order valence-corrected chi connectivity index (χ0v) is 12.3. The lowest BCUT2D eigenvalue weighted by Crippen LogP contribution is -2.18. The van der Waals surface area contributed by atoms with Crippen LogP contribution in [0.15, 0.2) is 54.6 Å². The van der Waals surface area contributed by atoms with E-state index in [4.69, 9.17) is 5.73 Å². The van der Waals surface area contributed by atoms with Crippen LogP contribution in [0.1, 0.15) is 12.5 Å². The van der Waals surface area contributed by atoms with Crippen molar-refractivity contribution in [2.45, 2.75) is 6.92 Å². The Balaban J connectivity index is 2.20. The molecule has 1 aromatic heterocycles. The summed E-state index contributed by atoms with van der Waals surface area (Å²) in [6.07, 6.45) is 0. The van der Waals surface area contributed by atoms with Gasteiger partial charge < -0.3 is 10.6 Å². The molecular weight excluding hydrogens is 272 g/mol. The van der Waals surface area contributed by atoms with E-state index in [1.807, 2.05) is 66.4 Å². The minimum atomic E-state index is 0.545. The fourth-order valence-electron chi connectivity index (χ4n) is 2.54. The molecule has 0 saturated carbocycles. The monoisotopic (exact) mass is 288 g/mol. The van der Waals surface area contributed by atoms with Gasteiger partial charge in [-0.05, 0) is 43.3 Å². The number of anilines is 3. The predicted octanol–water partition coefficient (Wildman–Crippen LogP) is 3.85. The third kappa shape index (κ3) is 2.45. The van der Waals surface area contributed by atoms with Crippen LogP contribution in [0.5, 0.6) is 0 Å². The first-order valence-corrected chi connectivity index (χ1v) is 7.16. The highest BCUT2D eigenvalue weighted by Crippen LogP contribution is 2.29. The molecule has 2 N–H and O–H groups in total. The van der Waals surface area contributed by atoms with E-state index >= 15 is 0 Å². The third-order valence-electron chi connectivity index (χ3n) is 3.58. The van der Waals surface area contributed by atoms with E-state index in [0.29, 0.717) is 17.1 Å². The van der Waals surface area contributed by atoms with Gasteiger partial charge in [-0.2, -0.15) is 5.26 Å². The van der Waals surface area contributed by atoms with Crippen molar-refractivity contribution in [1.29, 1.82) is 5.26 Å². The molecule has 108 valence electrons. The van der Waals surface area contributed by atoms with Gasteiger partial charge in [-0.1, -0.05) is 18.2 Å². The van der Waals surface area contributed by atoms with Crippen LogP contribution in [0, 0.1) is 11.3 Å². The van der Waals surface area contributed by atoms with E-state index in [-0.39, 0.29) is 0 Å². The number of nitrogen functional groups attached to an aromatic ring is 1. The molecule has 0 bridgehead atoms. The van der Waals surface area contributed by atoms with Gasteiger partial charge in [0.25, 0.3) is 0 Å². The maximum absolute atomic E-state index is 9.49.